The fourth-order valence-corrected chi connectivity index (χ4v) is 2.43. The molecule has 0 spiro atoms. The minimum atomic E-state index is -0.0452. The summed E-state index contributed by atoms with van der Waals surface area (Å²) >= 11 is 0. The van der Waals surface area contributed by atoms with E-state index in [2.05, 4.69) is 24.5 Å². The standard InChI is InChI=1S/C17H22N2O2/c1-12-6-4-5-7-13(12)10-16(19-18)15-11-14(20-2)8-9-17(15)21-3/h4-9,11,16,19H,10,18H2,1-3H3. The minimum absolute atomic E-state index is 0.0452. The molecule has 0 aliphatic carbocycles. The Hall–Kier alpha value is -2.04. The van der Waals surface area contributed by atoms with Crippen LogP contribution in [0.5, 0.6) is 11.5 Å². The molecule has 0 aliphatic heterocycles. The maximum Gasteiger partial charge on any atom is 0.123 e. The second-order valence-corrected chi connectivity index (χ2v) is 4.96. The van der Waals surface area contributed by atoms with Gasteiger partial charge in [0.1, 0.15) is 11.5 Å². The van der Waals surface area contributed by atoms with Crippen LogP contribution in [-0.4, -0.2) is 14.2 Å². The number of hydrogen-bond acceptors (Lipinski definition) is 4. The van der Waals surface area contributed by atoms with E-state index >= 15 is 0 Å². The Morgan fingerprint density at radius 1 is 1.10 bits per heavy atom. The van der Waals surface area contributed by atoms with Crippen molar-refractivity contribution in [3.8, 4) is 11.5 Å². The van der Waals surface area contributed by atoms with E-state index in [1.54, 1.807) is 14.2 Å². The third-order valence-corrected chi connectivity index (χ3v) is 3.70. The van der Waals surface area contributed by atoms with Crippen LogP contribution in [0.4, 0.5) is 0 Å². The van der Waals surface area contributed by atoms with E-state index in [9.17, 15) is 0 Å². The molecule has 21 heavy (non-hydrogen) atoms. The van der Waals surface area contributed by atoms with Gasteiger partial charge in [0.15, 0.2) is 0 Å². The number of nitrogens with one attached hydrogen (secondary N) is 1. The molecule has 0 saturated heterocycles. The lowest BCUT2D eigenvalue weighted by atomic mass is 9.96. The summed E-state index contributed by atoms with van der Waals surface area (Å²) in [4.78, 5) is 0. The lowest BCUT2D eigenvalue weighted by Crippen LogP contribution is -2.30. The van der Waals surface area contributed by atoms with Crippen molar-refractivity contribution in [1.29, 1.82) is 0 Å². The van der Waals surface area contributed by atoms with Crippen LogP contribution in [0.3, 0.4) is 0 Å². The van der Waals surface area contributed by atoms with Gasteiger partial charge >= 0.3 is 0 Å². The minimum Gasteiger partial charge on any atom is -0.497 e. The van der Waals surface area contributed by atoms with Gasteiger partial charge in [-0.25, -0.2) is 0 Å². The van der Waals surface area contributed by atoms with Crippen molar-refractivity contribution in [1.82, 2.24) is 5.43 Å². The molecule has 4 heteroatoms. The number of methoxy groups -OCH3 is 2. The Morgan fingerprint density at radius 2 is 1.86 bits per heavy atom. The average molecular weight is 286 g/mol. The lowest BCUT2D eigenvalue weighted by Gasteiger charge is -2.20. The molecule has 0 amide bonds. The van der Waals surface area contributed by atoms with Gasteiger partial charge in [-0.15, -0.1) is 0 Å². The highest BCUT2D eigenvalue weighted by atomic mass is 16.5. The van der Waals surface area contributed by atoms with E-state index in [1.165, 1.54) is 11.1 Å². The summed E-state index contributed by atoms with van der Waals surface area (Å²) in [5.41, 5.74) is 6.38. The quantitative estimate of drug-likeness (QED) is 0.633. The number of ether oxygens (including phenoxy) is 2. The normalized spacial score (nSPS) is 12.0. The van der Waals surface area contributed by atoms with Gasteiger partial charge in [-0.1, -0.05) is 24.3 Å². The van der Waals surface area contributed by atoms with Crippen molar-refractivity contribution in [2.75, 3.05) is 14.2 Å². The Labute approximate surface area is 125 Å². The zero-order valence-electron chi connectivity index (χ0n) is 12.7. The predicted molar refractivity (Wildman–Crippen MR) is 84.5 cm³/mol. The number of benzene rings is 2. The molecule has 0 aliphatic rings. The maximum absolute atomic E-state index is 5.77. The highest BCUT2D eigenvalue weighted by Gasteiger charge is 2.17. The molecule has 4 nitrogen and oxygen atoms in total. The van der Waals surface area contributed by atoms with Crippen LogP contribution in [-0.2, 0) is 6.42 Å². The van der Waals surface area contributed by atoms with Gasteiger partial charge in [-0.2, -0.15) is 0 Å². The van der Waals surface area contributed by atoms with Crippen LogP contribution in [0.15, 0.2) is 42.5 Å². The molecule has 1 atom stereocenters. The van der Waals surface area contributed by atoms with E-state index in [-0.39, 0.29) is 6.04 Å². The number of aryl methyl sites for hydroxylation is 1. The molecule has 1 unspecified atom stereocenters. The fraction of sp³-hybridized carbons (Fsp3) is 0.294. The summed E-state index contributed by atoms with van der Waals surface area (Å²) in [6.07, 6.45) is 0.784. The van der Waals surface area contributed by atoms with Crippen molar-refractivity contribution in [3.63, 3.8) is 0 Å². The van der Waals surface area contributed by atoms with Gasteiger partial charge in [0, 0.05) is 5.56 Å². The Morgan fingerprint density at radius 3 is 2.48 bits per heavy atom. The first-order valence-electron chi connectivity index (χ1n) is 6.92. The zero-order chi connectivity index (χ0) is 15.2. The molecule has 0 radical (unpaired) electrons. The van der Waals surface area contributed by atoms with Gasteiger partial charge in [0.25, 0.3) is 0 Å². The van der Waals surface area contributed by atoms with Gasteiger partial charge < -0.3 is 9.47 Å². The summed E-state index contributed by atoms with van der Waals surface area (Å²) in [7, 11) is 3.31. The van der Waals surface area contributed by atoms with E-state index in [0.717, 1.165) is 23.5 Å². The topological polar surface area (TPSA) is 56.5 Å². The van der Waals surface area contributed by atoms with Crippen LogP contribution in [0.2, 0.25) is 0 Å². The van der Waals surface area contributed by atoms with Crippen molar-refractivity contribution in [3.05, 3.63) is 59.2 Å². The summed E-state index contributed by atoms with van der Waals surface area (Å²) in [6, 6.07) is 14.0. The highest BCUT2D eigenvalue weighted by Crippen LogP contribution is 2.31. The summed E-state index contributed by atoms with van der Waals surface area (Å²) in [5.74, 6) is 7.36. The molecule has 0 heterocycles. The maximum atomic E-state index is 5.77. The summed E-state index contributed by atoms with van der Waals surface area (Å²) in [5, 5.41) is 0. The molecular weight excluding hydrogens is 264 g/mol. The Balaban J connectivity index is 2.34. The van der Waals surface area contributed by atoms with Gasteiger partial charge in [-0.3, -0.25) is 11.3 Å². The molecule has 0 saturated carbocycles. The predicted octanol–water partition coefficient (Wildman–Crippen LogP) is 2.76. The monoisotopic (exact) mass is 286 g/mol. The molecule has 0 aromatic heterocycles. The SMILES string of the molecule is COc1ccc(OC)c(C(Cc2ccccc2C)NN)c1. The first kappa shape index (κ1) is 15.4. The molecule has 2 rings (SSSR count). The highest BCUT2D eigenvalue weighted by molar-refractivity contribution is 5.43. The molecule has 2 aromatic rings. The number of hydrogen-bond donors (Lipinski definition) is 2. The zero-order valence-corrected chi connectivity index (χ0v) is 12.7. The average Bonchev–Trinajstić information content (AvgIpc) is 2.53. The first-order chi connectivity index (χ1) is 10.2. The van der Waals surface area contributed by atoms with Gasteiger partial charge in [-0.05, 0) is 42.7 Å². The van der Waals surface area contributed by atoms with Crippen LogP contribution >= 0.6 is 0 Å². The van der Waals surface area contributed by atoms with Crippen molar-refractivity contribution >= 4 is 0 Å². The van der Waals surface area contributed by atoms with Crippen molar-refractivity contribution in [2.45, 2.75) is 19.4 Å². The van der Waals surface area contributed by atoms with Gasteiger partial charge in [0.05, 0.1) is 20.3 Å². The van der Waals surface area contributed by atoms with Crippen LogP contribution in [0.25, 0.3) is 0 Å². The number of nitrogens with two attached hydrogens (primary N) is 1. The summed E-state index contributed by atoms with van der Waals surface area (Å²) < 4.78 is 10.7. The van der Waals surface area contributed by atoms with E-state index in [0.29, 0.717) is 0 Å². The fourth-order valence-electron chi connectivity index (χ4n) is 2.43. The molecule has 0 bridgehead atoms. The molecule has 0 fully saturated rings. The van der Waals surface area contributed by atoms with Crippen LogP contribution in [0, 0.1) is 6.92 Å². The summed E-state index contributed by atoms with van der Waals surface area (Å²) in [6.45, 7) is 2.10. The Bertz CT molecular complexity index is 599. The molecular formula is C17H22N2O2. The van der Waals surface area contributed by atoms with E-state index < -0.39 is 0 Å². The number of rotatable bonds is 6. The van der Waals surface area contributed by atoms with Crippen molar-refractivity contribution in [2.24, 2.45) is 5.84 Å². The first-order valence-corrected chi connectivity index (χ1v) is 6.92. The second-order valence-electron chi connectivity index (χ2n) is 4.96. The van der Waals surface area contributed by atoms with Crippen molar-refractivity contribution < 1.29 is 9.47 Å². The van der Waals surface area contributed by atoms with Crippen LogP contribution in [0.1, 0.15) is 22.7 Å². The lowest BCUT2D eigenvalue weighted by molar-refractivity contribution is 0.389. The van der Waals surface area contributed by atoms with Crippen LogP contribution < -0.4 is 20.7 Å². The smallest absolute Gasteiger partial charge is 0.123 e. The molecule has 112 valence electrons. The third-order valence-electron chi connectivity index (χ3n) is 3.70. The molecule has 2 aromatic carbocycles. The number of hydrazine groups is 1. The molecule has 3 N–H and O–H groups in total. The van der Waals surface area contributed by atoms with Gasteiger partial charge in [0.2, 0.25) is 0 Å². The van der Waals surface area contributed by atoms with E-state index in [1.807, 2.05) is 30.3 Å². The van der Waals surface area contributed by atoms with E-state index in [4.69, 9.17) is 15.3 Å². The third kappa shape index (κ3) is 3.54. The Kier molecular flexibility index (Phi) is 5.20. The largest absolute Gasteiger partial charge is 0.497 e. The second kappa shape index (κ2) is 7.11.